The quantitative estimate of drug-likeness (QED) is 0.715. The van der Waals surface area contributed by atoms with Gasteiger partial charge in [0, 0.05) is 26.7 Å². The van der Waals surface area contributed by atoms with Crippen molar-refractivity contribution in [1.29, 1.82) is 0 Å². The molecule has 18 heavy (non-hydrogen) atoms. The molecule has 0 heterocycles. The van der Waals surface area contributed by atoms with E-state index in [-0.39, 0.29) is 25.6 Å². The van der Waals surface area contributed by atoms with Gasteiger partial charge in [-0.1, -0.05) is 30.3 Å². The summed E-state index contributed by atoms with van der Waals surface area (Å²) in [7, 11) is 1.45. The normalized spacial score (nSPS) is 12.2. The number of carbonyl (C=O) groups is 1. The van der Waals surface area contributed by atoms with Crippen LogP contribution < -0.4 is 5.73 Å². The Morgan fingerprint density at radius 3 is 2.61 bits per heavy atom. The maximum absolute atomic E-state index is 12.1. The predicted octanol–water partition coefficient (Wildman–Crippen LogP) is -0.0188. The Morgan fingerprint density at radius 2 is 2.11 bits per heavy atom. The highest BCUT2D eigenvalue weighted by Gasteiger charge is 2.22. The number of carbonyl (C=O) groups excluding carboxylic acids is 1. The lowest BCUT2D eigenvalue weighted by Crippen LogP contribution is -2.44. The number of amides is 1. The van der Waals surface area contributed by atoms with Crippen LogP contribution in [-0.2, 0) is 16.1 Å². The van der Waals surface area contributed by atoms with Crippen LogP contribution in [0.4, 0.5) is 0 Å². The Kier molecular flexibility index (Phi) is 6.35. The summed E-state index contributed by atoms with van der Waals surface area (Å²) < 4.78 is 5.03. The highest BCUT2D eigenvalue weighted by molar-refractivity contribution is 5.81. The van der Waals surface area contributed by atoms with E-state index in [2.05, 4.69) is 0 Å². The second kappa shape index (κ2) is 7.81. The van der Waals surface area contributed by atoms with E-state index in [0.29, 0.717) is 6.54 Å². The fourth-order valence-corrected chi connectivity index (χ4v) is 1.69. The third-order valence-corrected chi connectivity index (χ3v) is 2.67. The second-order valence-electron chi connectivity index (χ2n) is 3.93. The van der Waals surface area contributed by atoms with E-state index in [4.69, 9.17) is 15.6 Å². The van der Waals surface area contributed by atoms with Crippen LogP contribution in [0.3, 0.4) is 0 Å². The highest BCUT2D eigenvalue weighted by Crippen LogP contribution is 2.07. The zero-order chi connectivity index (χ0) is 13.4. The highest BCUT2D eigenvalue weighted by atomic mass is 16.5. The van der Waals surface area contributed by atoms with Crippen molar-refractivity contribution < 1.29 is 14.6 Å². The molecule has 0 aliphatic heterocycles. The molecule has 0 bridgehead atoms. The van der Waals surface area contributed by atoms with Gasteiger partial charge in [-0.3, -0.25) is 4.79 Å². The Labute approximate surface area is 107 Å². The Bertz CT molecular complexity index is 353. The van der Waals surface area contributed by atoms with Gasteiger partial charge in [0.1, 0.15) is 6.10 Å². The van der Waals surface area contributed by atoms with Gasteiger partial charge in [-0.05, 0) is 5.56 Å². The largest absolute Gasteiger partial charge is 0.395 e. The van der Waals surface area contributed by atoms with Crippen molar-refractivity contribution in [3.63, 3.8) is 0 Å². The summed E-state index contributed by atoms with van der Waals surface area (Å²) >= 11 is 0. The summed E-state index contributed by atoms with van der Waals surface area (Å²) in [4.78, 5) is 13.7. The molecule has 0 spiro atoms. The van der Waals surface area contributed by atoms with E-state index < -0.39 is 6.10 Å². The molecule has 0 saturated heterocycles. The third-order valence-electron chi connectivity index (χ3n) is 2.67. The van der Waals surface area contributed by atoms with E-state index in [9.17, 15) is 4.79 Å². The van der Waals surface area contributed by atoms with Crippen molar-refractivity contribution in [3.05, 3.63) is 35.9 Å². The molecule has 0 saturated carbocycles. The number of nitrogens with two attached hydrogens (primary N) is 1. The van der Waals surface area contributed by atoms with Gasteiger partial charge in [-0.15, -0.1) is 0 Å². The Balaban J connectivity index is 2.73. The van der Waals surface area contributed by atoms with Crippen molar-refractivity contribution in [2.45, 2.75) is 12.6 Å². The number of rotatable bonds is 7. The number of nitrogens with zero attached hydrogens (tertiary/aromatic N) is 1. The van der Waals surface area contributed by atoms with Crippen LogP contribution in [0.2, 0.25) is 0 Å². The van der Waals surface area contributed by atoms with Crippen molar-refractivity contribution in [2.75, 3.05) is 26.8 Å². The van der Waals surface area contributed by atoms with Gasteiger partial charge in [0.15, 0.2) is 0 Å². The minimum Gasteiger partial charge on any atom is -0.395 e. The minimum absolute atomic E-state index is 0.0838. The molecule has 1 aromatic rings. The molecule has 1 aromatic carbocycles. The number of aliphatic hydroxyl groups is 1. The number of methoxy groups -OCH3 is 1. The molecule has 0 radical (unpaired) electrons. The van der Waals surface area contributed by atoms with Crippen molar-refractivity contribution in [1.82, 2.24) is 4.90 Å². The molecule has 3 N–H and O–H groups in total. The van der Waals surface area contributed by atoms with Gasteiger partial charge in [-0.2, -0.15) is 0 Å². The van der Waals surface area contributed by atoms with Crippen LogP contribution in [0.25, 0.3) is 0 Å². The monoisotopic (exact) mass is 252 g/mol. The van der Waals surface area contributed by atoms with Gasteiger partial charge < -0.3 is 20.5 Å². The first-order valence-electron chi connectivity index (χ1n) is 5.89. The molecule has 5 nitrogen and oxygen atoms in total. The summed E-state index contributed by atoms with van der Waals surface area (Å²) in [6.07, 6.45) is -0.653. The molecule has 1 atom stereocenters. The van der Waals surface area contributed by atoms with E-state index >= 15 is 0 Å². The zero-order valence-electron chi connectivity index (χ0n) is 10.6. The van der Waals surface area contributed by atoms with Gasteiger partial charge >= 0.3 is 0 Å². The van der Waals surface area contributed by atoms with Crippen LogP contribution >= 0.6 is 0 Å². The fourth-order valence-electron chi connectivity index (χ4n) is 1.69. The molecule has 100 valence electrons. The fraction of sp³-hybridized carbons (Fsp3) is 0.462. The summed E-state index contributed by atoms with van der Waals surface area (Å²) in [5.74, 6) is -0.196. The molecule has 0 aliphatic rings. The lowest BCUT2D eigenvalue weighted by atomic mass is 10.2. The predicted molar refractivity (Wildman–Crippen MR) is 68.8 cm³/mol. The Morgan fingerprint density at radius 1 is 1.44 bits per heavy atom. The Hall–Kier alpha value is -1.43. The minimum atomic E-state index is -0.653. The van der Waals surface area contributed by atoms with Gasteiger partial charge in [0.05, 0.1) is 6.61 Å². The molecule has 0 aliphatic carbocycles. The zero-order valence-corrected chi connectivity index (χ0v) is 10.6. The SMILES string of the molecule is COC(CN)C(=O)N(CCO)Cc1ccccc1. The third kappa shape index (κ3) is 4.10. The first-order valence-corrected chi connectivity index (χ1v) is 5.89. The lowest BCUT2D eigenvalue weighted by Gasteiger charge is -2.25. The van der Waals surface area contributed by atoms with Gasteiger partial charge in [0.2, 0.25) is 0 Å². The van der Waals surface area contributed by atoms with Crippen LogP contribution in [-0.4, -0.2) is 48.8 Å². The summed E-state index contributed by atoms with van der Waals surface area (Å²) in [6.45, 7) is 0.763. The van der Waals surface area contributed by atoms with Crippen LogP contribution in [0, 0.1) is 0 Å². The molecule has 0 aromatic heterocycles. The summed E-state index contributed by atoms with van der Waals surface area (Å²) in [6, 6.07) is 9.60. The molecule has 1 unspecified atom stereocenters. The van der Waals surface area contributed by atoms with Crippen molar-refractivity contribution >= 4 is 5.91 Å². The topological polar surface area (TPSA) is 75.8 Å². The van der Waals surface area contributed by atoms with Crippen LogP contribution in [0.15, 0.2) is 30.3 Å². The van der Waals surface area contributed by atoms with Gasteiger partial charge in [0.25, 0.3) is 5.91 Å². The average Bonchev–Trinajstić information content (AvgIpc) is 2.40. The molecular formula is C13H20N2O3. The average molecular weight is 252 g/mol. The molecule has 5 heteroatoms. The van der Waals surface area contributed by atoms with Crippen molar-refractivity contribution in [2.24, 2.45) is 5.73 Å². The summed E-state index contributed by atoms with van der Waals surface area (Å²) in [5, 5.41) is 9.02. The molecule has 1 rings (SSSR count). The molecule has 0 fully saturated rings. The van der Waals surface area contributed by atoms with E-state index in [1.165, 1.54) is 7.11 Å². The van der Waals surface area contributed by atoms with E-state index in [0.717, 1.165) is 5.56 Å². The summed E-state index contributed by atoms with van der Waals surface area (Å²) in [5.41, 5.74) is 6.48. The number of benzene rings is 1. The van der Waals surface area contributed by atoms with E-state index in [1.807, 2.05) is 30.3 Å². The van der Waals surface area contributed by atoms with Crippen LogP contribution in [0.5, 0.6) is 0 Å². The first-order chi connectivity index (χ1) is 8.72. The number of aliphatic hydroxyl groups excluding tert-OH is 1. The molecular weight excluding hydrogens is 232 g/mol. The van der Waals surface area contributed by atoms with Gasteiger partial charge in [-0.25, -0.2) is 0 Å². The number of hydrogen-bond acceptors (Lipinski definition) is 4. The van der Waals surface area contributed by atoms with Crippen LogP contribution in [0.1, 0.15) is 5.56 Å². The number of hydrogen-bond donors (Lipinski definition) is 2. The standard InChI is InChI=1S/C13H20N2O3/c1-18-12(9-14)13(17)15(7-8-16)10-11-5-3-2-4-6-11/h2-6,12,16H,7-10,14H2,1H3. The second-order valence-corrected chi connectivity index (χ2v) is 3.93. The van der Waals surface area contributed by atoms with Crippen molar-refractivity contribution in [3.8, 4) is 0 Å². The lowest BCUT2D eigenvalue weighted by molar-refractivity contribution is -0.142. The smallest absolute Gasteiger partial charge is 0.253 e. The maximum atomic E-state index is 12.1. The molecule has 1 amide bonds. The maximum Gasteiger partial charge on any atom is 0.253 e. The number of ether oxygens (including phenoxy) is 1. The van der Waals surface area contributed by atoms with E-state index in [1.54, 1.807) is 4.90 Å². The first kappa shape index (κ1) is 14.6.